The van der Waals surface area contributed by atoms with Crippen LogP contribution in [0.1, 0.15) is 25.7 Å². The zero-order valence-corrected chi connectivity index (χ0v) is 12.5. The summed E-state index contributed by atoms with van der Waals surface area (Å²) in [6, 6.07) is -1.40. The number of carbonyl (C=O) groups is 3. The molecule has 1 rings (SSSR count). The first-order chi connectivity index (χ1) is 9.81. The Bertz CT molecular complexity index is 400. The second-order valence-electron chi connectivity index (χ2n) is 5.60. The van der Waals surface area contributed by atoms with Crippen molar-refractivity contribution in [1.29, 1.82) is 0 Å². The van der Waals surface area contributed by atoms with Crippen molar-refractivity contribution in [3.63, 3.8) is 0 Å². The molecule has 2 atom stereocenters. The zero-order valence-electron chi connectivity index (χ0n) is 12.5. The average Bonchev–Trinajstić information content (AvgIpc) is 2.80. The highest BCUT2D eigenvalue weighted by atomic mass is 16.4. The van der Waals surface area contributed by atoms with Crippen LogP contribution in [0.15, 0.2) is 0 Å². The topological polar surface area (TPSA) is 116 Å². The quantitative estimate of drug-likeness (QED) is 0.583. The monoisotopic (exact) mass is 300 g/mol. The highest BCUT2D eigenvalue weighted by molar-refractivity contribution is 5.83. The van der Waals surface area contributed by atoms with Gasteiger partial charge in [-0.1, -0.05) is 0 Å². The number of likely N-dealkylation sites (tertiary alicyclic amines) is 1. The lowest BCUT2D eigenvalue weighted by molar-refractivity contribution is -0.139. The molecule has 0 aromatic rings. The molecule has 0 aromatic heterocycles. The number of urea groups is 1. The second-order valence-corrected chi connectivity index (χ2v) is 5.60. The molecule has 3 amide bonds. The molecule has 0 bridgehead atoms. The fourth-order valence-electron chi connectivity index (χ4n) is 2.49. The van der Waals surface area contributed by atoms with Crippen molar-refractivity contribution in [2.75, 3.05) is 27.2 Å². The van der Waals surface area contributed by atoms with E-state index in [1.54, 1.807) is 4.90 Å². The van der Waals surface area contributed by atoms with E-state index >= 15 is 0 Å². The molecule has 0 aromatic carbocycles. The number of hydrogen-bond acceptors (Lipinski definition) is 4. The number of carboxylic acids is 1. The van der Waals surface area contributed by atoms with Crippen molar-refractivity contribution in [2.24, 2.45) is 5.73 Å². The first-order valence-electron chi connectivity index (χ1n) is 7.04. The van der Waals surface area contributed by atoms with Gasteiger partial charge in [0.25, 0.3) is 0 Å². The number of nitrogens with zero attached hydrogens (tertiary/aromatic N) is 2. The second kappa shape index (κ2) is 7.82. The van der Waals surface area contributed by atoms with Crippen molar-refractivity contribution in [3.8, 4) is 0 Å². The lowest BCUT2D eigenvalue weighted by Gasteiger charge is -2.28. The van der Waals surface area contributed by atoms with E-state index in [9.17, 15) is 14.4 Å². The van der Waals surface area contributed by atoms with E-state index in [1.807, 2.05) is 19.0 Å². The van der Waals surface area contributed by atoms with Crippen LogP contribution < -0.4 is 11.1 Å². The molecular formula is C13H24N4O4. The Morgan fingerprint density at radius 3 is 2.62 bits per heavy atom. The number of amides is 3. The van der Waals surface area contributed by atoms with Crippen molar-refractivity contribution >= 4 is 17.9 Å². The van der Waals surface area contributed by atoms with Crippen molar-refractivity contribution in [1.82, 2.24) is 15.1 Å². The van der Waals surface area contributed by atoms with Crippen LogP contribution in [0.5, 0.6) is 0 Å². The van der Waals surface area contributed by atoms with Crippen molar-refractivity contribution in [2.45, 2.75) is 37.8 Å². The van der Waals surface area contributed by atoms with Crippen molar-refractivity contribution in [3.05, 3.63) is 0 Å². The number of nitrogens with two attached hydrogens (primary N) is 1. The maximum atomic E-state index is 12.2. The van der Waals surface area contributed by atoms with Gasteiger partial charge >= 0.3 is 12.0 Å². The van der Waals surface area contributed by atoms with Gasteiger partial charge < -0.3 is 26.0 Å². The van der Waals surface area contributed by atoms with E-state index in [1.165, 1.54) is 0 Å². The zero-order chi connectivity index (χ0) is 16.0. The third-order valence-corrected chi connectivity index (χ3v) is 3.49. The average molecular weight is 300 g/mol. The molecule has 21 heavy (non-hydrogen) atoms. The summed E-state index contributed by atoms with van der Waals surface area (Å²) in [5, 5.41) is 11.6. The largest absolute Gasteiger partial charge is 0.480 e. The Morgan fingerprint density at radius 1 is 1.43 bits per heavy atom. The van der Waals surface area contributed by atoms with E-state index in [0.29, 0.717) is 6.54 Å². The number of likely N-dealkylation sites (N-methyl/N-ethyl adjacent to an activating group) is 1. The summed E-state index contributed by atoms with van der Waals surface area (Å²) in [6.45, 7) is 1.36. The molecule has 8 heteroatoms. The van der Waals surface area contributed by atoms with Gasteiger partial charge in [-0.25, -0.2) is 9.59 Å². The fourth-order valence-corrected chi connectivity index (χ4v) is 2.49. The number of primary amides is 1. The van der Waals surface area contributed by atoms with Crippen LogP contribution in [0, 0.1) is 0 Å². The van der Waals surface area contributed by atoms with E-state index in [2.05, 4.69) is 5.32 Å². The number of carboxylic acid groups (broad SMARTS) is 1. The first-order valence-corrected chi connectivity index (χ1v) is 7.04. The van der Waals surface area contributed by atoms with Crippen LogP contribution >= 0.6 is 0 Å². The van der Waals surface area contributed by atoms with Crippen LogP contribution in [0.25, 0.3) is 0 Å². The molecule has 0 aliphatic carbocycles. The summed E-state index contributed by atoms with van der Waals surface area (Å²) in [5.41, 5.74) is 5.01. The number of nitrogens with one attached hydrogen (secondary N) is 1. The summed E-state index contributed by atoms with van der Waals surface area (Å²) < 4.78 is 0. The highest BCUT2D eigenvalue weighted by Crippen LogP contribution is 2.18. The van der Waals surface area contributed by atoms with E-state index < -0.39 is 23.9 Å². The SMILES string of the molecule is CN(C)CC1CCCN1C(=O)N[C@H](CCC(N)=O)C(=O)O. The Labute approximate surface area is 124 Å². The normalized spacial score (nSPS) is 19.6. The van der Waals surface area contributed by atoms with Gasteiger partial charge in [-0.2, -0.15) is 0 Å². The molecule has 4 N–H and O–H groups in total. The standard InChI is InChI=1S/C13H24N4O4/c1-16(2)8-9-4-3-7-17(9)13(21)15-10(12(19)20)5-6-11(14)18/h9-10H,3-8H2,1-2H3,(H2,14,18)(H,15,21)(H,19,20)/t9?,10-/m1/s1. The van der Waals surface area contributed by atoms with Gasteiger partial charge in [0.1, 0.15) is 6.04 Å². The molecule has 0 radical (unpaired) electrons. The van der Waals surface area contributed by atoms with Gasteiger partial charge in [-0.15, -0.1) is 0 Å². The molecule has 1 aliphatic rings. The van der Waals surface area contributed by atoms with Crippen LogP contribution in [0.4, 0.5) is 4.79 Å². The summed E-state index contributed by atoms with van der Waals surface area (Å²) in [7, 11) is 3.86. The minimum absolute atomic E-state index is 0.00257. The molecule has 0 saturated carbocycles. The lowest BCUT2D eigenvalue weighted by atomic mass is 10.1. The molecule has 1 unspecified atom stereocenters. The molecule has 1 saturated heterocycles. The predicted octanol–water partition coefficient (Wildman–Crippen LogP) is -0.559. The Balaban J connectivity index is 2.59. The number of hydrogen-bond donors (Lipinski definition) is 3. The van der Waals surface area contributed by atoms with Crippen LogP contribution in [-0.2, 0) is 9.59 Å². The summed E-state index contributed by atoms with van der Waals surface area (Å²) in [6.07, 6.45) is 1.75. The molecule has 120 valence electrons. The number of aliphatic carboxylic acids is 1. The molecule has 1 aliphatic heterocycles. The molecular weight excluding hydrogens is 276 g/mol. The Morgan fingerprint density at radius 2 is 2.10 bits per heavy atom. The fraction of sp³-hybridized carbons (Fsp3) is 0.769. The minimum Gasteiger partial charge on any atom is -0.480 e. The maximum absolute atomic E-state index is 12.2. The van der Waals surface area contributed by atoms with Gasteiger partial charge in [0.05, 0.1) is 0 Å². The van der Waals surface area contributed by atoms with Crippen LogP contribution in [-0.4, -0.2) is 72.1 Å². The van der Waals surface area contributed by atoms with Crippen LogP contribution in [0.2, 0.25) is 0 Å². The van der Waals surface area contributed by atoms with E-state index in [4.69, 9.17) is 10.8 Å². The van der Waals surface area contributed by atoms with Crippen molar-refractivity contribution < 1.29 is 19.5 Å². The molecule has 8 nitrogen and oxygen atoms in total. The molecule has 1 heterocycles. The van der Waals surface area contributed by atoms with Gasteiger partial charge in [0.15, 0.2) is 0 Å². The van der Waals surface area contributed by atoms with Crippen LogP contribution in [0.3, 0.4) is 0 Å². The van der Waals surface area contributed by atoms with Gasteiger partial charge in [0.2, 0.25) is 5.91 Å². The lowest BCUT2D eigenvalue weighted by Crippen LogP contribution is -2.51. The third-order valence-electron chi connectivity index (χ3n) is 3.49. The number of carbonyl (C=O) groups excluding carboxylic acids is 2. The Kier molecular flexibility index (Phi) is 6.41. The number of rotatable bonds is 7. The summed E-state index contributed by atoms with van der Waals surface area (Å²) in [5.74, 6) is -1.74. The molecule has 0 spiro atoms. The summed E-state index contributed by atoms with van der Waals surface area (Å²) in [4.78, 5) is 37.7. The maximum Gasteiger partial charge on any atom is 0.326 e. The first kappa shape index (κ1) is 17.2. The smallest absolute Gasteiger partial charge is 0.326 e. The highest BCUT2D eigenvalue weighted by Gasteiger charge is 2.31. The predicted molar refractivity (Wildman–Crippen MR) is 76.7 cm³/mol. The van der Waals surface area contributed by atoms with Gasteiger partial charge in [-0.05, 0) is 33.4 Å². The van der Waals surface area contributed by atoms with E-state index in [0.717, 1.165) is 19.4 Å². The summed E-state index contributed by atoms with van der Waals surface area (Å²) >= 11 is 0. The minimum atomic E-state index is -1.16. The van der Waals surface area contributed by atoms with E-state index in [-0.39, 0.29) is 18.9 Å². The van der Waals surface area contributed by atoms with Gasteiger partial charge in [-0.3, -0.25) is 4.79 Å². The third kappa shape index (κ3) is 5.58. The Hall–Kier alpha value is -1.83. The van der Waals surface area contributed by atoms with Gasteiger partial charge in [0, 0.05) is 25.6 Å². The molecule has 1 fully saturated rings.